The van der Waals surface area contributed by atoms with Crippen molar-refractivity contribution in [3.8, 4) is 11.5 Å². The molecule has 6 heteroatoms. The molecule has 2 aromatic rings. The first-order chi connectivity index (χ1) is 9.04. The van der Waals surface area contributed by atoms with Gasteiger partial charge in [-0.3, -0.25) is 0 Å². The van der Waals surface area contributed by atoms with E-state index in [1.54, 1.807) is 19.9 Å². The van der Waals surface area contributed by atoms with Crippen molar-refractivity contribution in [3.05, 3.63) is 34.7 Å². The third kappa shape index (κ3) is 2.48. The molecule has 1 aromatic carbocycles. The largest absolute Gasteiger partial charge is 0.478 e. The van der Waals surface area contributed by atoms with Crippen molar-refractivity contribution in [1.82, 2.24) is 10.2 Å². The molecule has 100 valence electrons. The highest BCUT2D eigenvalue weighted by atomic mass is 16.5. The molecule has 0 saturated carbocycles. The van der Waals surface area contributed by atoms with Crippen LogP contribution in [0.5, 0.6) is 0 Å². The predicted molar refractivity (Wildman–Crippen MR) is 66.9 cm³/mol. The number of carboxylic acid groups (broad SMARTS) is 1. The zero-order valence-corrected chi connectivity index (χ0v) is 10.9. The van der Waals surface area contributed by atoms with Gasteiger partial charge in [0, 0.05) is 7.11 Å². The number of hydrogen-bond acceptors (Lipinski definition) is 5. The lowest BCUT2D eigenvalue weighted by Crippen LogP contribution is -2.04. The molecule has 1 heterocycles. The highest BCUT2D eigenvalue weighted by Crippen LogP contribution is 2.29. The molecule has 0 saturated heterocycles. The Morgan fingerprint density at radius 3 is 2.63 bits per heavy atom. The van der Waals surface area contributed by atoms with Crippen LogP contribution in [0, 0.1) is 13.8 Å². The lowest BCUT2D eigenvalue weighted by Gasteiger charge is -2.08. The maximum Gasteiger partial charge on any atom is 0.336 e. The molecule has 0 radical (unpaired) electrons. The first-order valence-electron chi connectivity index (χ1n) is 5.69. The molecule has 0 aliphatic heterocycles. The van der Waals surface area contributed by atoms with Gasteiger partial charge in [0.2, 0.25) is 11.8 Å². The number of aromatic carboxylic acids is 1. The van der Waals surface area contributed by atoms with Crippen molar-refractivity contribution in [2.75, 3.05) is 7.11 Å². The zero-order valence-electron chi connectivity index (χ0n) is 10.9. The molecule has 0 aliphatic carbocycles. The van der Waals surface area contributed by atoms with Gasteiger partial charge in [0.25, 0.3) is 0 Å². The van der Waals surface area contributed by atoms with Crippen LogP contribution in [0.1, 0.15) is 27.4 Å². The molecule has 0 fully saturated rings. The number of methoxy groups -OCH3 is 1. The Morgan fingerprint density at radius 1 is 1.32 bits per heavy atom. The molecule has 0 aliphatic rings. The minimum Gasteiger partial charge on any atom is -0.478 e. The number of benzene rings is 1. The number of ether oxygens (including phenoxy) is 1. The molecule has 0 unspecified atom stereocenters. The quantitative estimate of drug-likeness (QED) is 0.909. The summed E-state index contributed by atoms with van der Waals surface area (Å²) < 4.78 is 10.3. The van der Waals surface area contributed by atoms with Crippen LogP contribution in [-0.4, -0.2) is 28.4 Å². The summed E-state index contributed by atoms with van der Waals surface area (Å²) in [7, 11) is 1.52. The highest BCUT2D eigenvalue weighted by Gasteiger charge is 2.21. The number of aryl methyl sites for hydroxylation is 2. The smallest absolute Gasteiger partial charge is 0.336 e. The van der Waals surface area contributed by atoms with Gasteiger partial charge in [-0.05, 0) is 25.0 Å². The summed E-state index contributed by atoms with van der Waals surface area (Å²) in [6, 6.07) is 3.59. The van der Waals surface area contributed by atoms with Crippen LogP contribution >= 0.6 is 0 Å². The van der Waals surface area contributed by atoms with Gasteiger partial charge in [-0.15, -0.1) is 10.2 Å². The molecular weight excluding hydrogens is 248 g/mol. The summed E-state index contributed by atoms with van der Waals surface area (Å²) in [6.07, 6.45) is 0. The molecule has 0 spiro atoms. The molecule has 0 amide bonds. The highest BCUT2D eigenvalue weighted by molar-refractivity contribution is 5.97. The van der Waals surface area contributed by atoms with E-state index in [2.05, 4.69) is 10.2 Å². The van der Waals surface area contributed by atoms with Gasteiger partial charge in [0.1, 0.15) is 6.61 Å². The van der Waals surface area contributed by atoms with E-state index < -0.39 is 5.97 Å². The van der Waals surface area contributed by atoms with Crippen LogP contribution in [0.3, 0.4) is 0 Å². The first kappa shape index (κ1) is 13.2. The lowest BCUT2D eigenvalue weighted by molar-refractivity contribution is 0.0696. The van der Waals surface area contributed by atoms with Crippen LogP contribution in [0.2, 0.25) is 0 Å². The van der Waals surface area contributed by atoms with Gasteiger partial charge in [-0.2, -0.15) is 0 Å². The summed E-state index contributed by atoms with van der Waals surface area (Å²) in [6.45, 7) is 3.74. The van der Waals surface area contributed by atoms with Crippen LogP contribution in [0.15, 0.2) is 16.5 Å². The van der Waals surface area contributed by atoms with Crippen LogP contribution in [-0.2, 0) is 11.3 Å². The van der Waals surface area contributed by atoms with Crippen LogP contribution < -0.4 is 0 Å². The van der Waals surface area contributed by atoms with E-state index in [1.165, 1.54) is 7.11 Å². The minimum absolute atomic E-state index is 0.188. The van der Waals surface area contributed by atoms with Gasteiger partial charge in [-0.25, -0.2) is 4.79 Å². The number of carboxylic acids is 1. The molecule has 2 rings (SSSR count). The third-order valence-electron chi connectivity index (χ3n) is 2.78. The molecule has 6 nitrogen and oxygen atoms in total. The summed E-state index contributed by atoms with van der Waals surface area (Å²) in [4.78, 5) is 11.4. The number of aromatic nitrogens is 2. The van der Waals surface area contributed by atoms with E-state index in [4.69, 9.17) is 9.15 Å². The maximum absolute atomic E-state index is 11.4. The van der Waals surface area contributed by atoms with Crippen molar-refractivity contribution in [2.45, 2.75) is 20.5 Å². The monoisotopic (exact) mass is 262 g/mol. The molecular formula is C13H14N2O4. The van der Waals surface area contributed by atoms with E-state index in [9.17, 15) is 9.90 Å². The number of hydrogen-bond donors (Lipinski definition) is 1. The standard InChI is InChI=1S/C13H14N2O4/c1-7-4-5-8(2)11(13(16)17)10(7)12-15-14-9(19-12)6-18-3/h4-5H,6H2,1-3H3,(H,16,17). The fraction of sp³-hybridized carbons (Fsp3) is 0.308. The minimum atomic E-state index is -1.01. The molecule has 1 N–H and O–H groups in total. The average Bonchev–Trinajstić information content (AvgIpc) is 2.80. The molecule has 0 bridgehead atoms. The van der Waals surface area contributed by atoms with E-state index in [1.807, 2.05) is 6.07 Å². The van der Waals surface area contributed by atoms with Gasteiger partial charge in [0.05, 0.1) is 11.1 Å². The zero-order chi connectivity index (χ0) is 14.0. The van der Waals surface area contributed by atoms with Crippen molar-refractivity contribution < 1.29 is 19.1 Å². The SMILES string of the molecule is COCc1nnc(-c2c(C)ccc(C)c2C(=O)O)o1. The number of nitrogens with zero attached hydrogens (tertiary/aromatic N) is 2. The Balaban J connectivity index is 2.59. The second-order valence-corrected chi connectivity index (χ2v) is 4.19. The second-order valence-electron chi connectivity index (χ2n) is 4.19. The van der Waals surface area contributed by atoms with Crippen LogP contribution in [0.25, 0.3) is 11.5 Å². The lowest BCUT2D eigenvalue weighted by atomic mass is 9.97. The van der Waals surface area contributed by atoms with Crippen molar-refractivity contribution >= 4 is 5.97 Å². The number of rotatable bonds is 4. The Hall–Kier alpha value is -2.21. The Labute approximate surface area is 110 Å². The first-order valence-corrected chi connectivity index (χ1v) is 5.69. The Bertz CT molecular complexity index is 619. The van der Waals surface area contributed by atoms with E-state index in [-0.39, 0.29) is 18.1 Å². The third-order valence-corrected chi connectivity index (χ3v) is 2.78. The van der Waals surface area contributed by atoms with E-state index >= 15 is 0 Å². The summed E-state index contributed by atoms with van der Waals surface area (Å²) in [5, 5.41) is 17.0. The second kappa shape index (κ2) is 5.19. The summed E-state index contributed by atoms with van der Waals surface area (Å²) >= 11 is 0. The summed E-state index contributed by atoms with van der Waals surface area (Å²) in [5.41, 5.74) is 2.07. The van der Waals surface area contributed by atoms with E-state index in [0.29, 0.717) is 17.0 Å². The maximum atomic E-state index is 11.4. The normalized spacial score (nSPS) is 10.7. The Kier molecular flexibility index (Phi) is 3.62. The fourth-order valence-corrected chi connectivity index (χ4v) is 1.90. The van der Waals surface area contributed by atoms with Crippen molar-refractivity contribution in [3.63, 3.8) is 0 Å². The van der Waals surface area contributed by atoms with E-state index in [0.717, 1.165) is 5.56 Å². The van der Waals surface area contributed by atoms with Gasteiger partial charge in [0.15, 0.2) is 0 Å². The predicted octanol–water partition coefficient (Wildman–Crippen LogP) is 2.20. The summed E-state index contributed by atoms with van der Waals surface area (Å²) in [5.74, 6) is -0.497. The fourth-order valence-electron chi connectivity index (χ4n) is 1.90. The van der Waals surface area contributed by atoms with Gasteiger partial charge < -0.3 is 14.3 Å². The molecule has 0 atom stereocenters. The van der Waals surface area contributed by atoms with Gasteiger partial charge >= 0.3 is 5.97 Å². The topological polar surface area (TPSA) is 85.5 Å². The van der Waals surface area contributed by atoms with Crippen molar-refractivity contribution in [1.29, 1.82) is 0 Å². The molecule has 19 heavy (non-hydrogen) atoms. The van der Waals surface area contributed by atoms with Crippen LogP contribution in [0.4, 0.5) is 0 Å². The number of carbonyl (C=O) groups is 1. The molecule has 1 aromatic heterocycles. The van der Waals surface area contributed by atoms with Gasteiger partial charge in [-0.1, -0.05) is 12.1 Å². The van der Waals surface area contributed by atoms with Crippen molar-refractivity contribution in [2.24, 2.45) is 0 Å². The Morgan fingerprint density at radius 2 is 2.00 bits per heavy atom. The average molecular weight is 262 g/mol.